The SMILES string of the molecule is CNc1nnc(-c2ccc(Br)cc2O)n1C. The van der Waals surface area contributed by atoms with E-state index in [0.29, 0.717) is 17.3 Å². The molecule has 6 heteroatoms. The number of phenols is 1. The lowest BCUT2D eigenvalue weighted by Gasteiger charge is -2.05. The number of rotatable bonds is 2. The van der Waals surface area contributed by atoms with Gasteiger partial charge in [-0.15, -0.1) is 10.2 Å². The highest BCUT2D eigenvalue weighted by Gasteiger charge is 2.13. The van der Waals surface area contributed by atoms with Crippen molar-refractivity contribution in [2.45, 2.75) is 0 Å². The summed E-state index contributed by atoms with van der Waals surface area (Å²) in [5.41, 5.74) is 0.653. The largest absolute Gasteiger partial charge is 0.507 e. The third-order valence-electron chi connectivity index (χ3n) is 2.30. The smallest absolute Gasteiger partial charge is 0.224 e. The van der Waals surface area contributed by atoms with Crippen LogP contribution in [0.5, 0.6) is 5.75 Å². The first-order valence-electron chi connectivity index (χ1n) is 4.69. The molecule has 2 rings (SSSR count). The number of phenolic OH excluding ortho intramolecular Hbond substituents is 1. The van der Waals surface area contributed by atoms with Gasteiger partial charge in [0.25, 0.3) is 0 Å². The molecule has 0 bridgehead atoms. The molecule has 16 heavy (non-hydrogen) atoms. The lowest BCUT2D eigenvalue weighted by molar-refractivity contribution is 0.476. The Morgan fingerprint density at radius 3 is 2.69 bits per heavy atom. The summed E-state index contributed by atoms with van der Waals surface area (Å²) in [6, 6.07) is 5.27. The molecule has 0 saturated heterocycles. The molecule has 2 N–H and O–H groups in total. The molecule has 84 valence electrons. The number of nitrogens with one attached hydrogen (secondary N) is 1. The van der Waals surface area contributed by atoms with Crippen LogP contribution < -0.4 is 5.32 Å². The van der Waals surface area contributed by atoms with E-state index in [1.807, 2.05) is 13.1 Å². The predicted octanol–water partition coefficient (Wildman–Crippen LogP) is 1.99. The normalized spacial score (nSPS) is 10.4. The molecule has 0 unspecified atom stereocenters. The topological polar surface area (TPSA) is 63.0 Å². The van der Waals surface area contributed by atoms with Gasteiger partial charge in [-0.1, -0.05) is 15.9 Å². The van der Waals surface area contributed by atoms with Crippen molar-refractivity contribution in [2.75, 3.05) is 12.4 Å². The molecule has 0 fully saturated rings. The van der Waals surface area contributed by atoms with Gasteiger partial charge in [0.2, 0.25) is 5.95 Å². The Kier molecular flexibility index (Phi) is 2.82. The predicted molar refractivity (Wildman–Crippen MR) is 65.4 cm³/mol. The highest BCUT2D eigenvalue weighted by molar-refractivity contribution is 9.10. The lowest BCUT2D eigenvalue weighted by atomic mass is 10.2. The molecular weight excluding hydrogens is 272 g/mol. The Balaban J connectivity index is 2.54. The number of aromatic hydroxyl groups is 1. The summed E-state index contributed by atoms with van der Waals surface area (Å²) in [4.78, 5) is 0. The van der Waals surface area contributed by atoms with Gasteiger partial charge in [0, 0.05) is 18.6 Å². The van der Waals surface area contributed by atoms with Crippen molar-refractivity contribution < 1.29 is 5.11 Å². The fourth-order valence-electron chi connectivity index (χ4n) is 1.48. The van der Waals surface area contributed by atoms with Crippen LogP contribution in [0.4, 0.5) is 5.95 Å². The molecule has 0 aliphatic rings. The minimum atomic E-state index is 0.174. The number of benzene rings is 1. The van der Waals surface area contributed by atoms with E-state index in [4.69, 9.17) is 0 Å². The highest BCUT2D eigenvalue weighted by Crippen LogP contribution is 2.30. The zero-order chi connectivity index (χ0) is 11.7. The summed E-state index contributed by atoms with van der Waals surface area (Å²) in [5.74, 6) is 1.44. The zero-order valence-corrected chi connectivity index (χ0v) is 10.5. The second-order valence-electron chi connectivity index (χ2n) is 3.32. The molecule has 0 radical (unpaired) electrons. The van der Waals surface area contributed by atoms with E-state index in [-0.39, 0.29) is 5.75 Å². The average Bonchev–Trinajstić information content (AvgIpc) is 2.60. The van der Waals surface area contributed by atoms with Gasteiger partial charge in [-0.05, 0) is 18.2 Å². The van der Waals surface area contributed by atoms with Crippen molar-refractivity contribution in [3.05, 3.63) is 22.7 Å². The van der Waals surface area contributed by atoms with Crippen LogP contribution in [-0.2, 0) is 7.05 Å². The molecule has 1 aromatic heterocycles. The number of hydrogen-bond acceptors (Lipinski definition) is 4. The van der Waals surface area contributed by atoms with Gasteiger partial charge in [0.15, 0.2) is 5.82 Å². The van der Waals surface area contributed by atoms with Crippen molar-refractivity contribution in [2.24, 2.45) is 7.05 Å². The molecule has 1 heterocycles. The first kappa shape index (κ1) is 10.9. The molecule has 5 nitrogen and oxygen atoms in total. The third-order valence-corrected chi connectivity index (χ3v) is 2.79. The van der Waals surface area contributed by atoms with Crippen LogP contribution in [0.2, 0.25) is 0 Å². The van der Waals surface area contributed by atoms with Gasteiger partial charge >= 0.3 is 0 Å². The van der Waals surface area contributed by atoms with E-state index < -0.39 is 0 Å². The monoisotopic (exact) mass is 282 g/mol. The summed E-state index contributed by atoms with van der Waals surface area (Å²) in [6.45, 7) is 0. The molecule has 0 aliphatic heterocycles. The van der Waals surface area contributed by atoms with E-state index in [2.05, 4.69) is 31.4 Å². The summed E-state index contributed by atoms with van der Waals surface area (Å²) < 4.78 is 2.60. The Hall–Kier alpha value is -1.56. The summed E-state index contributed by atoms with van der Waals surface area (Å²) in [7, 11) is 3.61. The molecule has 0 atom stereocenters. The fourth-order valence-corrected chi connectivity index (χ4v) is 1.82. The van der Waals surface area contributed by atoms with Crippen molar-refractivity contribution in [3.8, 4) is 17.1 Å². The second kappa shape index (κ2) is 4.13. The molecule has 0 saturated carbocycles. The molecule has 0 amide bonds. The van der Waals surface area contributed by atoms with Gasteiger partial charge in [-0.25, -0.2) is 0 Å². The van der Waals surface area contributed by atoms with Crippen molar-refractivity contribution in [1.82, 2.24) is 14.8 Å². The number of hydrogen-bond donors (Lipinski definition) is 2. The van der Waals surface area contributed by atoms with Crippen LogP contribution >= 0.6 is 15.9 Å². The zero-order valence-electron chi connectivity index (χ0n) is 8.90. The van der Waals surface area contributed by atoms with Crippen LogP contribution in [0, 0.1) is 0 Å². The van der Waals surface area contributed by atoms with Crippen LogP contribution in [0.1, 0.15) is 0 Å². The maximum Gasteiger partial charge on any atom is 0.224 e. The molecule has 0 spiro atoms. The van der Waals surface area contributed by atoms with Crippen molar-refractivity contribution in [3.63, 3.8) is 0 Å². The van der Waals surface area contributed by atoms with Crippen molar-refractivity contribution in [1.29, 1.82) is 0 Å². The first-order valence-corrected chi connectivity index (χ1v) is 5.49. The fraction of sp³-hybridized carbons (Fsp3) is 0.200. The number of nitrogens with zero attached hydrogens (tertiary/aromatic N) is 3. The minimum absolute atomic E-state index is 0.174. The van der Waals surface area contributed by atoms with Gasteiger partial charge in [-0.3, -0.25) is 4.57 Å². The van der Waals surface area contributed by atoms with Gasteiger partial charge in [0.05, 0.1) is 5.56 Å². The van der Waals surface area contributed by atoms with Crippen LogP contribution in [0.3, 0.4) is 0 Å². The Morgan fingerprint density at radius 2 is 2.12 bits per heavy atom. The van der Waals surface area contributed by atoms with Gasteiger partial charge in [-0.2, -0.15) is 0 Å². The van der Waals surface area contributed by atoms with Gasteiger partial charge in [0.1, 0.15) is 5.75 Å². The average molecular weight is 283 g/mol. The maximum atomic E-state index is 9.82. The van der Waals surface area contributed by atoms with Crippen LogP contribution in [0.15, 0.2) is 22.7 Å². The molecule has 2 aromatic rings. The minimum Gasteiger partial charge on any atom is -0.507 e. The van der Waals surface area contributed by atoms with E-state index in [1.165, 1.54) is 0 Å². The van der Waals surface area contributed by atoms with E-state index in [0.717, 1.165) is 4.47 Å². The standard InChI is InChI=1S/C10H11BrN4O/c1-12-10-14-13-9(15(10)2)7-4-3-6(11)5-8(7)16/h3-5,16H,1-2H3,(H,12,14). The summed E-state index contributed by atoms with van der Waals surface area (Å²) in [5, 5.41) is 20.7. The Morgan fingerprint density at radius 1 is 1.38 bits per heavy atom. The molecule has 0 aliphatic carbocycles. The summed E-state index contributed by atoms with van der Waals surface area (Å²) >= 11 is 3.29. The highest BCUT2D eigenvalue weighted by atomic mass is 79.9. The van der Waals surface area contributed by atoms with Crippen LogP contribution in [-0.4, -0.2) is 26.9 Å². The van der Waals surface area contributed by atoms with E-state index in [9.17, 15) is 5.11 Å². The number of halogens is 1. The lowest BCUT2D eigenvalue weighted by Crippen LogP contribution is -1.99. The second-order valence-corrected chi connectivity index (χ2v) is 4.23. The quantitative estimate of drug-likeness (QED) is 0.884. The Bertz CT molecular complexity index is 524. The third kappa shape index (κ3) is 1.76. The van der Waals surface area contributed by atoms with Gasteiger partial charge < -0.3 is 10.4 Å². The number of aromatic nitrogens is 3. The summed E-state index contributed by atoms with van der Waals surface area (Å²) in [6.07, 6.45) is 0. The van der Waals surface area contributed by atoms with Crippen LogP contribution in [0.25, 0.3) is 11.4 Å². The molecule has 1 aromatic carbocycles. The molecular formula is C10H11BrN4O. The first-order chi connectivity index (χ1) is 7.63. The van der Waals surface area contributed by atoms with Crippen molar-refractivity contribution >= 4 is 21.9 Å². The Labute approximate surface area is 101 Å². The van der Waals surface area contributed by atoms with E-state index in [1.54, 1.807) is 23.7 Å². The van der Waals surface area contributed by atoms with E-state index >= 15 is 0 Å². The number of anilines is 1. The maximum absolute atomic E-state index is 9.82.